The van der Waals surface area contributed by atoms with E-state index in [4.69, 9.17) is 16.3 Å². The van der Waals surface area contributed by atoms with Crippen molar-refractivity contribution in [1.29, 1.82) is 0 Å². The van der Waals surface area contributed by atoms with Crippen molar-refractivity contribution in [3.05, 3.63) is 29.3 Å². The summed E-state index contributed by atoms with van der Waals surface area (Å²) in [5.74, 6) is 0.766. The van der Waals surface area contributed by atoms with Gasteiger partial charge in [0, 0.05) is 5.75 Å². The fourth-order valence-corrected chi connectivity index (χ4v) is 1.40. The van der Waals surface area contributed by atoms with Crippen LogP contribution >= 0.6 is 11.6 Å². The van der Waals surface area contributed by atoms with Gasteiger partial charge in [-0.3, -0.25) is 0 Å². The average molecular weight is 316 g/mol. The number of benzene rings is 1. The van der Waals surface area contributed by atoms with Crippen molar-refractivity contribution in [2.24, 2.45) is 0 Å². The molecule has 0 aliphatic heterocycles. The van der Waals surface area contributed by atoms with Crippen LogP contribution in [-0.4, -0.2) is 29.7 Å². The van der Waals surface area contributed by atoms with E-state index in [2.05, 4.69) is 13.0 Å². The summed E-state index contributed by atoms with van der Waals surface area (Å²) in [5, 5.41) is 0.642. The van der Waals surface area contributed by atoms with Gasteiger partial charge in [0.15, 0.2) is 0 Å². The van der Waals surface area contributed by atoms with Gasteiger partial charge in [-0.05, 0) is 11.4 Å². The van der Waals surface area contributed by atoms with E-state index in [1.807, 2.05) is 12.1 Å². The minimum atomic E-state index is 0. The van der Waals surface area contributed by atoms with Crippen LogP contribution in [0.25, 0.3) is 0 Å². The topological polar surface area (TPSA) is 9.23 Å². The van der Waals surface area contributed by atoms with Crippen molar-refractivity contribution in [3.8, 4) is 5.75 Å². The first-order valence-corrected chi connectivity index (χ1v) is 5.50. The fourth-order valence-electron chi connectivity index (χ4n) is 1.22. The number of ether oxygens (including phenoxy) is 1. The molecule has 1 aromatic carbocycles. The fraction of sp³-hybridized carbons (Fsp3) is 0.500. The molecule has 1 aromatic rings. The molecule has 0 saturated heterocycles. The Kier molecular flexibility index (Phi) is 14.2. The first-order chi connectivity index (χ1) is 6.84. The summed E-state index contributed by atoms with van der Waals surface area (Å²) in [7, 11) is 0. The standard InChI is InChI=1S/C12H16ClO.BrH.Mg/c1-2-3-4-7-10-14-12-9-6-5-8-11(12)13;;/h6,8-9H,2-4,7,10H2,1H3;1H;/q-1;;+2/p-1. The summed E-state index contributed by atoms with van der Waals surface area (Å²) in [4.78, 5) is 0. The monoisotopic (exact) mass is 314 g/mol. The summed E-state index contributed by atoms with van der Waals surface area (Å²) < 4.78 is 5.53. The van der Waals surface area contributed by atoms with Crippen LogP contribution in [0.5, 0.6) is 5.75 Å². The molecule has 0 heterocycles. The van der Waals surface area contributed by atoms with Gasteiger partial charge in [0.05, 0.1) is 6.61 Å². The van der Waals surface area contributed by atoms with Crippen molar-refractivity contribution in [3.63, 3.8) is 0 Å². The van der Waals surface area contributed by atoms with Gasteiger partial charge >= 0.3 is 23.1 Å². The van der Waals surface area contributed by atoms with Gasteiger partial charge in [0.25, 0.3) is 0 Å². The van der Waals surface area contributed by atoms with Gasteiger partial charge in [-0.2, -0.15) is 29.8 Å². The van der Waals surface area contributed by atoms with Gasteiger partial charge in [0.1, 0.15) is 0 Å². The number of hydrogen-bond acceptors (Lipinski definition) is 1. The van der Waals surface area contributed by atoms with Crippen LogP contribution in [0.3, 0.4) is 0 Å². The molecule has 0 N–H and O–H groups in total. The third-order valence-electron chi connectivity index (χ3n) is 2.03. The van der Waals surface area contributed by atoms with Crippen LogP contribution < -0.4 is 21.7 Å². The molecular weight excluding hydrogens is 300 g/mol. The summed E-state index contributed by atoms with van der Waals surface area (Å²) in [5.41, 5.74) is 0. The molecule has 0 spiro atoms. The molecule has 0 saturated carbocycles. The number of unbranched alkanes of at least 4 members (excludes halogenated alkanes) is 3. The molecular formula is C12H16BrClMgO. The molecule has 0 radical (unpaired) electrons. The third-order valence-corrected chi connectivity index (χ3v) is 2.33. The quantitative estimate of drug-likeness (QED) is 0.427. The van der Waals surface area contributed by atoms with Crippen LogP contribution in [0, 0.1) is 6.07 Å². The second-order valence-corrected chi connectivity index (χ2v) is 3.67. The van der Waals surface area contributed by atoms with E-state index in [-0.39, 0.29) is 40.0 Å². The van der Waals surface area contributed by atoms with E-state index in [9.17, 15) is 0 Å². The first-order valence-electron chi connectivity index (χ1n) is 5.13. The minimum absolute atomic E-state index is 0. The molecule has 0 atom stereocenters. The van der Waals surface area contributed by atoms with Gasteiger partial charge < -0.3 is 21.7 Å². The van der Waals surface area contributed by atoms with Crippen LogP contribution in [0.15, 0.2) is 18.2 Å². The zero-order valence-electron chi connectivity index (χ0n) is 9.64. The Labute approximate surface area is 130 Å². The molecule has 4 heteroatoms. The Balaban J connectivity index is 0. The Morgan fingerprint density at radius 3 is 2.69 bits per heavy atom. The molecule has 1 rings (SSSR count). The number of hydrogen-bond donors (Lipinski definition) is 0. The molecule has 0 fully saturated rings. The Hall–Kier alpha value is 0.556. The predicted octanol–water partition coefficient (Wildman–Crippen LogP) is 0.722. The van der Waals surface area contributed by atoms with E-state index in [1.165, 1.54) is 19.3 Å². The molecule has 86 valence electrons. The predicted molar refractivity (Wildman–Crippen MR) is 65.7 cm³/mol. The molecule has 1 nitrogen and oxygen atoms in total. The van der Waals surface area contributed by atoms with E-state index in [0.29, 0.717) is 5.02 Å². The summed E-state index contributed by atoms with van der Waals surface area (Å²) in [6, 6.07) is 8.29. The zero-order chi connectivity index (χ0) is 10.2. The normalized spacial score (nSPS) is 8.88. The minimum Gasteiger partial charge on any atom is -1.00 e. The molecule has 0 aliphatic carbocycles. The molecule has 0 bridgehead atoms. The maximum absolute atomic E-state index is 5.91. The molecule has 16 heavy (non-hydrogen) atoms. The SMILES string of the molecule is CCCCCCOc1cc[c-]cc1Cl.[Br-].[Mg+2]. The van der Waals surface area contributed by atoms with Crippen molar-refractivity contribution in [2.45, 2.75) is 32.6 Å². The first kappa shape index (κ1) is 18.9. The Bertz CT molecular complexity index is 271. The van der Waals surface area contributed by atoms with Crippen molar-refractivity contribution in [1.82, 2.24) is 0 Å². The van der Waals surface area contributed by atoms with Crippen molar-refractivity contribution >= 4 is 34.7 Å². The van der Waals surface area contributed by atoms with Crippen LogP contribution in [-0.2, 0) is 0 Å². The van der Waals surface area contributed by atoms with Crippen molar-refractivity contribution in [2.75, 3.05) is 6.61 Å². The Morgan fingerprint density at radius 1 is 1.31 bits per heavy atom. The second-order valence-electron chi connectivity index (χ2n) is 3.27. The van der Waals surface area contributed by atoms with Gasteiger partial charge in [0.2, 0.25) is 0 Å². The smallest absolute Gasteiger partial charge is 1.00 e. The van der Waals surface area contributed by atoms with Crippen LogP contribution in [0.1, 0.15) is 32.6 Å². The summed E-state index contributed by atoms with van der Waals surface area (Å²) in [6.07, 6.45) is 4.86. The van der Waals surface area contributed by atoms with E-state index in [1.54, 1.807) is 6.07 Å². The maximum Gasteiger partial charge on any atom is 2.00 e. The van der Waals surface area contributed by atoms with E-state index < -0.39 is 0 Å². The Morgan fingerprint density at radius 2 is 2.06 bits per heavy atom. The van der Waals surface area contributed by atoms with Crippen LogP contribution in [0.4, 0.5) is 0 Å². The number of rotatable bonds is 6. The molecule has 0 aliphatic rings. The zero-order valence-corrected chi connectivity index (χ0v) is 13.4. The molecule has 0 unspecified atom stereocenters. The molecule has 0 aromatic heterocycles. The molecule has 0 amide bonds. The van der Waals surface area contributed by atoms with E-state index >= 15 is 0 Å². The van der Waals surface area contributed by atoms with Crippen molar-refractivity contribution < 1.29 is 21.7 Å². The summed E-state index contributed by atoms with van der Waals surface area (Å²) >= 11 is 5.91. The summed E-state index contributed by atoms with van der Waals surface area (Å²) in [6.45, 7) is 2.95. The van der Waals surface area contributed by atoms with E-state index in [0.717, 1.165) is 18.8 Å². The van der Waals surface area contributed by atoms with Gasteiger partial charge in [-0.15, -0.1) is 6.07 Å². The van der Waals surface area contributed by atoms with Gasteiger partial charge in [-0.1, -0.05) is 26.2 Å². The maximum atomic E-state index is 5.91. The average Bonchev–Trinajstić information content (AvgIpc) is 2.20. The largest absolute Gasteiger partial charge is 2.00 e. The second kappa shape index (κ2) is 12.0. The third kappa shape index (κ3) is 7.77. The van der Waals surface area contributed by atoms with Gasteiger partial charge in [-0.25, -0.2) is 0 Å². The number of halogens is 2. The van der Waals surface area contributed by atoms with Crippen LogP contribution in [0.2, 0.25) is 5.02 Å².